The maximum Gasteiger partial charge on any atom is 0.322 e. The Morgan fingerprint density at radius 2 is 1.19 bits per heavy atom. The van der Waals surface area contributed by atoms with Crippen molar-refractivity contribution in [3.63, 3.8) is 0 Å². The number of nitrogens with zero attached hydrogens (tertiary/aromatic N) is 5. The second kappa shape index (κ2) is 4.52. The molecule has 0 N–H and O–H groups in total. The molecule has 0 amide bonds. The van der Waals surface area contributed by atoms with Crippen LogP contribution in [-0.4, -0.2) is 37.5 Å². The summed E-state index contributed by atoms with van der Waals surface area (Å²) in [7, 11) is -2.58. The monoisotopic (exact) mass is 359 g/mol. The van der Waals surface area contributed by atoms with Gasteiger partial charge in [0.05, 0.1) is 0 Å². The molecule has 96 valence electrons. The molecule has 5 nitrogen and oxygen atoms in total. The molecule has 0 aromatic rings. The average molecular weight is 360 g/mol. The lowest BCUT2D eigenvalue weighted by Gasteiger charge is -2.28. The molecule has 0 fully saturated rings. The van der Waals surface area contributed by atoms with E-state index in [1.165, 1.54) is 28.2 Å². The van der Waals surface area contributed by atoms with Crippen LogP contribution in [0.5, 0.6) is 0 Å². The number of rotatable bonds is 2. The van der Waals surface area contributed by atoms with Gasteiger partial charge in [-0.15, -0.1) is 0 Å². The minimum Gasteiger partial charge on any atom is -0.232 e. The van der Waals surface area contributed by atoms with Crippen LogP contribution < -0.4 is 0 Å². The smallest absolute Gasteiger partial charge is 0.232 e. The fourth-order valence-corrected chi connectivity index (χ4v) is 11.3. The standard InChI is InChI=1S/C4H12BrF3N5P3/c1-12(2)15(7)9-14(5,6)10-16(8,11-15)13(3)4/h1-4H3. The average Bonchev–Trinajstić information content (AvgIpc) is 1.98. The summed E-state index contributed by atoms with van der Waals surface area (Å²) in [6, 6.07) is 0. The molecule has 1 aliphatic rings. The maximum absolute atomic E-state index is 14.2. The molecule has 0 aliphatic carbocycles. The molecule has 3 unspecified atom stereocenters. The third-order valence-corrected chi connectivity index (χ3v) is 11.6. The molecule has 0 aromatic carbocycles. The first-order valence-corrected chi connectivity index (χ1v) is 10.7. The highest BCUT2D eigenvalue weighted by Gasteiger charge is 2.39. The number of hydrogen-bond acceptors (Lipinski definition) is 5. The van der Waals surface area contributed by atoms with Gasteiger partial charge >= 0.3 is 21.6 Å². The van der Waals surface area contributed by atoms with Crippen LogP contribution in [0.25, 0.3) is 0 Å². The van der Waals surface area contributed by atoms with E-state index >= 15 is 0 Å². The van der Waals surface area contributed by atoms with Crippen LogP contribution in [0.2, 0.25) is 0 Å². The highest BCUT2D eigenvalue weighted by molar-refractivity contribution is 9.40. The number of hydrogen-bond donors (Lipinski definition) is 0. The Balaban J connectivity index is 3.56. The summed E-state index contributed by atoms with van der Waals surface area (Å²) in [6.45, 7) is 0. The molecule has 1 heterocycles. The van der Waals surface area contributed by atoms with Gasteiger partial charge in [0.15, 0.2) is 0 Å². The van der Waals surface area contributed by atoms with Gasteiger partial charge in [-0.2, -0.15) is 26.1 Å². The minimum atomic E-state index is -3.98. The number of halogens is 4. The summed E-state index contributed by atoms with van der Waals surface area (Å²) in [4.78, 5) is 0. The topological polar surface area (TPSA) is 43.6 Å². The van der Waals surface area contributed by atoms with Crippen molar-refractivity contribution in [2.24, 2.45) is 13.5 Å². The molecule has 0 bridgehead atoms. The van der Waals surface area contributed by atoms with E-state index in [0.29, 0.717) is 0 Å². The van der Waals surface area contributed by atoms with E-state index < -0.39 is 21.6 Å². The first-order chi connectivity index (χ1) is 7.01. The summed E-state index contributed by atoms with van der Waals surface area (Å²) in [5, 5.41) is 0. The van der Waals surface area contributed by atoms with Crippen molar-refractivity contribution in [2.45, 2.75) is 0 Å². The summed E-state index contributed by atoms with van der Waals surface area (Å²) in [5.74, 6) is 0. The summed E-state index contributed by atoms with van der Waals surface area (Å²) in [6.07, 6.45) is -3.95. The van der Waals surface area contributed by atoms with Crippen molar-refractivity contribution in [1.82, 2.24) is 9.34 Å². The fraction of sp³-hybridized carbons (Fsp3) is 1.00. The first kappa shape index (κ1) is 14.9. The molecule has 3 atom stereocenters. The van der Waals surface area contributed by atoms with Crippen molar-refractivity contribution in [2.75, 3.05) is 28.2 Å². The van der Waals surface area contributed by atoms with Crippen LogP contribution in [0.1, 0.15) is 0 Å². The van der Waals surface area contributed by atoms with Crippen LogP contribution in [-0.2, 0) is 0 Å². The van der Waals surface area contributed by atoms with Gasteiger partial charge in [0.2, 0.25) is 0 Å². The molecule has 1 rings (SSSR count). The largest absolute Gasteiger partial charge is 0.322 e. The van der Waals surface area contributed by atoms with Crippen molar-refractivity contribution < 1.29 is 12.6 Å². The van der Waals surface area contributed by atoms with Crippen LogP contribution >= 0.6 is 37.0 Å². The molecule has 12 heteroatoms. The van der Waals surface area contributed by atoms with E-state index in [4.69, 9.17) is 0 Å². The highest BCUT2D eigenvalue weighted by Crippen LogP contribution is 2.83. The van der Waals surface area contributed by atoms with E-state index in [-0.39, 0.29) is 0 Å². The van der Waals surface area contributed by atoms with E-state index in [0.717, 1.165) is 9.34 Å². The third-order valence-electron chi connectivity index (χ3n) is 1.69. The van der Waals surface area contributed by atoms with E-state index in [9.17, 15) is 12.6 Å². The second-order valence-corrected chi connectivity index (χ2v) is 12.8. The second-order valence-electron chi connectivity index (χ2n) is 3.41. The normalized spacial score (nSPS) is 43.9. The van der Waals surface area contributed by atoms with Gasteiger partial charge in [0.1, 0.15) is 0 Å². The van der Waals surface area contributed by atoms with Crippen molar-refractivity contribution in [1.29, 1.82) is 0 Å². The van der Waals surface area contributed by atoms with Gasteiger partial charge in [0, 0.05) is 15.5 Å². The molecule has 0 aromatic heterocycles. The van der Waals surface area contributed by atoms with E-state index in [1.807, 2.05) is 0 Å². The zero-order chi connectivity index (χ0) is 12.8. The molecule has 0 spiro atoms. The maximum atomic E-state index is 14.2. The van der Waals surface area contributed by atoms with Crippen molar-refractivity contribution >= 4 is 37.0 Å². The Kier molecular flexibility index (Phi) is 4.22. The Morgan fingerprint density at radius 3 is 1.56 bits per heavy atom. The molecular weight excluding hydrogens is 348 g/mol. The van der Waals surface area contributed by atoms with Crippen LogP contribution in [0, 0.1) is 0 Å². The fourth-order valence-electron chi connectivity index (χ4n) is 0.792. The Morgan fingerprint density at radius 1 is 0.812 bits per heavy atom. The first-order valence-electron chi connectivity index (χ1n) is 4.06. The predicted molar refractivity (Wildman–Crippen MR) is 67.7 cm³/mol. The van der Waals surface area contributed by atoms with Crippen molar-refractivity contribution in [3.8, 4) is 0 Å². The molecule has 16 heavy (non-hydrogen) atoms. The van der Waals surface area contributed by atoms with Gasteiger partial charge in [0.25, 0.3) is 0 Å². The Hall–Kier alpha value is 0.880. The zero-order valence-electron chi connectivity index (χ0n) is 9.09. The molecule has 0 radical (unpaired) electrons. The molecular formula is C4H12BrF3N5P3. The quantitative estimate of drug-likeness (QED) is 0.630. The van der Waals surface area contributed by atoms with Crippen LogP contribution in [0.15, 0.2) is 13.5 Å². The third kappa shape index (κ3) is 3.01. The SMILES string of the molecule is CN(C)P1(F)=NP(F)(Br)=NP(F)(N(C)C)=N1. The lowest BCUT2D eigenvalue weighted by atomic mass is 11.3. The van der Waals surface area contributed by atoms with Crippen LogP contribution in [0.4, 0.5) is 12.6 Å². The van der Waals surface area contributed by atoms with Crippen LogP contribution in [0.3, 0.4) is 0 Å². The lowest BCUT2D eigenvalue weighted by Crippen LogP contribution is -2.08. The van der Waals surface area contributed by atoms with Gasteiger partial charge in [-0.25, -0.2) is 9.34 Å². The zero-order valence-corrected chi connectivity index (χ0v) is 13.4. The predicted octanol–water partition coefficient (Wildman–Crippen LogP) is 5.27. The van der Waals surface area contributed by atoms with E-state index in [2.05, 4.69) is 29.0 Å². The van der Waals surface area contributed by atoms with Gasteiger partial charge in [-0.1, -0.05) is 0 Å². The lowest BCUT2D eigenvalue weighted by molar-refractivity contribution is 0.593. The molecule has 1 aliphatic heterocycles. The van der Waals surface area contributed by atoms with Gasteiger partial charge in [-0.3, -0.25) is 0 Å². The highest BCUT2D eigenvalue weighted by atomic mass is 79.9. The Bertz CT molecular complexity index is 440. The summed E-state index contributed by atoms with van der Waals surface area (Å²) >= 11 is 2.55. The minimum absolute atomic E-state index is 1.01. The molecule has 0 saturated carbocycles. The van der Waals surface area contributed by atoms with Crippen molar-refractivity contribution in [3.05, 3.63) is 0 Å². The summed E-state index contributed by atoms with van der Waals surface area (Å²) < 4.78 is 54.1. The summed E-state index contributed by atoms with van der Waals surface area (Å²) in [5.41, 5.74) is 0. The van der Waals surface area contributed by atoms with Gasteiger partial charge < -0.3 is 0 Å². The molecule has 0 saturated heterocycles. The Labute approximate surface area is 101 Å². The van der Waals surface area contributed by atoms with E-state index in [1.54, 1.807) is 0 Å². The van der Waals surface area contributed by atoms with Gasteiger partial charge in [-0.05, 0) is 28.2 Å².